The van der Waals surface area contributed by atoms with Crippen LogP contribution >= 0.6 is 0 Å². The zero-order chi connectivity index (χ0) is 13.3. The minimum absolute atomic E-state index is 0.111. The number of carbonyl (C=O) groups is 2. The van der Waals surface area contributed by atoms with Crippen molar-refractivity contribution in [2.75, 3.05) is 13.1 Å². The second kappa shape index (κ2) is 4.36. The van der Waals surface area contributed by atoms with Crippen LogP contribution in [0.1, 0.15) is 24.2 Å². The van der Waals surface area contributed by atoms with Gasteiger partial charge < -0.3 is 10.2 Å². The zero-order valence-electron chi connectivity index (χ0n) is 10.2. The number of carbonyl (C=O) groups excluding carboxylic acids is 2. The van der Waals surface area contributed by atoms with Gasteiger partial charge >= 0.3 is 0 Å². The Hall–Kier alpha value is -1.98. The van der Waals surface area contributed by atoms with Gasteiger partial charge in [0.25, 0.3) is 5.91 Å². The van der Waals surface area contributed by atoms with E-state index >= 15 is 0 Å². The lowest BCUT2D eigenvalue weighted by atomic mass is 9.98. The third-order valence-corrected chi connectivity index (χ3v) is 3.09. The number of hydrogen-bond acceptors (Lipinski definition) is 3. The zero-order valence-corrected chi connectivity index (χ0v) is 10.2. The molecule has 0 spiro atoms. The molecule has 0 radical (unpaired) electrons. The molecule has 0 saturated carbocycles. The van der Waals surface area contributed by atoms with Crippen LogP contribution in [-0.4, -0.2) is 40.3 Å². The molecule has 1 aromatic heterocycles. The highest BCUT2D eigenvalue weighted by Crippen LogP contribution is 2.21. The molecule has 0 atom stereocenters. The molecular weight excluding hydrogens is 237 g/mol. The second-order valence-corrected chi connectivity index (χ2v) is 4.61. The number of amides is 2. The van der Waals surface area contributed by atoms with E-state index in [2.05, 4.69) is 10.3 Å². The minimum Gasteiger partial charge on any atom is -0.352 e. The van der Waals surface area contributed by atoms with E-state index in [-0.39, 0.29) is 11.5 Å². The fourth-order valence-electron chi connectivity index (χ4n) is 1.95. The molecule has 2 amide bonds. The molecule has 1 saturated heterocycles. The molecule has 6 heteroatoms. The molecule has 0 aromatic carbocycles. The number of rotatable bonds is 1. The molecule has 2 rings (SSSR count). The van der Waals surface area contributed by atoms with Crippen LogP contribution in [-0.2, 0) is 4.79 Å². The van der Waals surface area contributed by atoms with Gasteiger partial charge in [-0.1, -0.05) is 0 Å². The molecule has 0 bridgehead atoms. The number of nitrogens with zero attached hydrogens (tertiary/aromatic N) is 2. The van der Waals surface area contributed by atoms with Crippen molar-refractivity contribution < 1.29 is 14.0 Å². The number of piperazine rings is 1. The third kappa shape index (κ3) is 1.94. The van der Waals surface area contributed by atoms with Crippen molar-refractivity contribution >= 4 is 11.8 Å². The summed E-state index contributed by atoms with van der Waals surface area (Å²) in [5.41, 5.74) is -1.10. The van der Waals surface area contributed by atoms with Crippen LogP contribution in [0.2, 0.25) is 0 Å². The summed E-state index contributed by atoms with van der Waals surface area (Å²) in [5, 5.41) is 2.68. The lowest BCUT2D eigenvalue weighted by molar-refractivity contribution is -0.133. The predicted molar refractivity (Wildman–Crippen MR) is 62.3 cm³/mol. The van der Waals surface area contributed by atoms with Crippen LogP contribution in [0.3, 0.4) is 0 Å². The summed E-state index contributed by atoms with van der Waals surface area (Å²) in [6.45, 7) is 3.99. The lowest BCUT2D eigenvalue weighted by Gasteiger charge is -2.41. The number of halogens is 1. The van der Waals surface area contributed by atoms with Gasteiger partial charge in [0.1, 0.15) is 5.54 Å². The van der Waals surface area contributed by atoms with Gasteiger partial charge in [-0.25, -0.2) is 4.98 Å². The average Bonchev–Trinajstić information content (AvgIpc) is 2.32. The van der Waals surface area contributed by atoms with Gasteiger partial charge in [-0.3, -0.25) is 9.59 Å². The summed E-state index contributed by atoms with van der Waals surface area (Å²) >= 11 is 0. The van der Waals surface area contributed by atoms with E-state index in [1.54, 1.807) is 13.8 Å². The first-order valence-electron chi connectivity index (χ1n) is 5.65. The summed E-state index contributed by atoms with van der Waals surface area (Å²) in [6.07, 6.45) is 1.28. The van der Waals surface area contributed by atoms with E-state index < -0.39 is 17.4 Å². The molecule has 1 aromatic rings. The summed E-state index contributed by atoms with van der Waals surface area (Å²) < 4.78 is 13.5. The van der Waals surface area contributed by atoms with Crippen LogP contribution in [0.15, 0.2) is 18.3 Å². The molecule has 1 aliphatic rings. The maximum Gasteiger partial charge on any atom is 0.259 e. The predicted octanol–water partition coefficient (Wildman–Crippen LogP) is 0.571. The van der Waals surface area contributed by atoms with Crippen molar-refractivity contribution in [1.82, 2.24) is 15.2 Å². The van der Waals surface area contributed by atoms with Crippen LogP contribution in [0.25, 0.3) is 0 Å². The second-order valence-electron chi connectivity index (χ2n) is 4.61. The summed E-state index contributed by atoms with van der Waals surface area (Å²) in [5.74, 6) is -1.57. The van der Waals surface area contributed by atoms with E-state index in [1.807, 2.05) is 0 Å². The highest BCUT2D eigenvalue weighted by atomic mass is 19.1. The van der Waals surface area contributed by atoms with Gasteiger partial charge in [-0.2, -0.15) is 4.39 Å². The average molecular weight is 251 g/mol. The van der Waals surface area contributed by atoms with Gasteiger partial charge in [-0.15, -0.1) is 0 Å². The van der Waals surface area contributed by atoms with Crippen molar-refractivity contribution in [1.29, 1.82) is 0 Å². The lowest BCUT2D eigenvalue weighted by Crippen LogP contribution is -2.63. The Morgan fingerprint density at radius 3 is 2.94 bits per heavy atom. The molecule has 1 N–H and O–H groups in total. The number of aromatic nitrogens is 1. The van der Waals surface area contributed by atoms with Crippen LogP contribution in [0.5, 0.6) is 0 Å². The highest BCUT2D eigenvalue weighted by molar-refractivity contribution is 5.99. The van der Waals surface area contributed by atoms with Crippen molar-refractivity contribution in [2.24, 2.45) is 0 Å². The Balaban J connectivity index is 2.34. The van der Waals surface area contributed by atoms with Crippen LogP contribution in [0.4, 0.5) is 4.39 Å². The number of hydrogen-bond donors (Lipinski definition) is 1. The van der Waals surface area contributed by atoms with Crippen molar-refractivity contribution in [2.45, 2.75) is 19.4 Å². The Morgan fingerprint density at radius 1 is 1.56 bits per heavy atom. The first-order valence-corrected chi connectivity index (χ1v) is 5.65. The Bertz CT molecular complexity index is 502. The molecule has 0 aliphatic carbocycles. The van der Waals surface area contributed by atoms with Gasteiger partial charge in [0.2, 0.25) is 11.9 Å². The molecular formula is C12H14FN3O2. The first kappa shape index (κ1) is 12.5. The Labute approximate surface area is 104 Å². The number of nitrogens with one attached hydrogen (secondary N) is 1. The van der Waals surface area contributed by atoms with Crippen molar-refractivity contribution in [3.63, 3.8) is 0 Å². The van der Waals surface area contributed by atoms with Gasteiger partial charge in [0.05, 0.1) is 5.56 Å². The van der Waals surface area contributed by atoms with Crippen LogP contribution in [0, 0.1) is 5.95 Å². The van der Waals surface area contributed by atoms with E-state index in [0.717, 1.165) is 0 Å². The van der Waals surface area contributed by atoms with Crippen LogP contribution < -0.4 is 5.32 Å². The highest BCUT2D eigenvalue weighted by Gasteiger charge is 2.41. The topological polar surface area (TPSA) is 62.3 Å². The molecule has 1 aliphatic heterocycles. The van der Waals surface area contributed by atoms with E-state index in [0.29, 0.717) is 13.1 Å². The summed E-state index contributed by atoms with van der Waals surface area (Å²) in [4.78, 5) is 28.8. The SMILES string of the molecule is CC1(C)C(=O)NCCN1C(=O)c1cccnc1F. The third-order valence-electron chi connectivity index (χ3n) is 3.09. The Kier molecular flexibility index (Phi) is 3.02. The van der Waals surface area contributed by atoms with Gasteiger partial charge in [-0.05, 0) is 26.0 Å². The monoisotopic (exact) mass is 251 g/mol. The van der Waals surface area contributed by atoms with Gasteiger partial charge in [0, 0.05) is 19.3 Å². The first-order chi connectivity index (χ1) is 8.44. The quantitative estimate of drug-likeness (QED) is 0.742. The molecule has 5 nitrogen and oxygen atoms in total. The van der Waals surface area contributed by atoms with Gasteiger partial charge in [0.15, 0.2) is 0 Å². The van der Waals surface area contributed by atoms with E-state index in [4.69, 9.17) is 0 Å². The summed E-state index contributed by atoms with van der Waals surface area (Å²) in [7, 11) is 0. The maximum absolute atomic E-state index is 13.5. The van der Waals surface area contributed by atoms with Crippen molar-refractivity contribution in [3.05, 3.63) is 29.8 Å². The molecule has 18 heavy (non-hydrogen) atoms. The molecule has 2 heterocycles. The molecule has 0 unspecified atom stereocenters. The molecule has 1 fully saturated rings. The summed E-state index contributed by atoms with van der Waals surface area (Å²) in [6, 6.07) is 2.86. The normalized spacial score (nSPS) is 18.4. The smallest absolute Gasteiger partial charge is 0.259 e. The minimum atomic E-state index is -0.988. The van der Waals surface area contributed by atoms with Crippen molar-refractivity contribution in [3.8, 4) is 0 Å². The van der Waals surface area contributed by atoms with E-state index in [9.17, 15) is 14.0 Å². The Morgan fingerprint density at radius 2 is 2.28 bits per heavy atom. The van der Waals surface area contributed by atoms with E-state index in [1.165, 1.54) is 23.2 Å². The molecule has 96 valence electrons. The standard InChI is InChI=1S/C12H14FN3O2/c1-12(2)11(18)15-6-7-16(12)10(17)8-4-3-5-14-9(8)13/h3-5H,6-7H2,1-2H3,(H,15,18). The largest absolute Gasteiger partial charge is 0.352 e. The number of pyridine rings is 1. The fourth-order valence-corrected chi connectivity index (χ4v) is 1.95. The fraction of sp³-hybridized carbons (Fsp3) is 0.417. The maximum atomic E-state index is 13.5.